The fourth-order valence-electron chi connectivity index (χ4n) is 4.02. The van der Waals surface area contributed by atoms with Gasteiger partial charge in [-0.15, -0.1) is 0 Å². The van der Waals surface area contributed by atoms with Gasteiger partial charge in [0.1, 0.15) is 6.04 Å². The molecule has 0 unspecified atom stereocenters. The molecule has 7 nitrogen and oxygen atoms in total. The molecule has 3 aromatic rings. The van der Waals surface area contributed by atoms with Crippen LogP contribution in [-0.2, 0) is 16.1 Å². The second-order valence-corrected chi connectivity index (χ2v) is 8.70. The van der Waals surface area contributed by atoms with Crippen LogP contribution in [0.25, 0.3) is 0 Å². The van der Waals surface area contributed by atoms with E-state index in [1.54, 1.807) is 29.2 Å². The molecule has 172 valence electrons. The van der Waals surface area contributed by atoms with Crippen molar-refractivity contribution < 1.29 is 19.1 Å². The van der Waals surface area contributed by atoms with Crippen LogP contribution >= 0.6 is 23.8 Å². The Hall–Kier alpha value is -3.62. The number of carbonyl (C=O) groups excluding carboxylic acids is 2. The number of hydrogen-bond acceptors (Lipinski definition) is 5. The summed E-state index contributed by atoms with van der Waals surface area (Å²) >= 11 is 11.8. The Morgan fingerprint density at radius 3 is 2.62 bits per heavy atom. The van der Waals surface area contributed by atoms with Crippen molar-refractivity contribution in [1.82, 2.24) is 4.90 Å². The molecule has 3 aromatic carbocycles. The van der Waals surface area contributed by atoms with Crippen LogP contribution in [0.3, 0.4) is 0 Å². The molecule has 0 spiro atoms. The summed E-state index contributed by atoms with van der Waals surface area (Å²) in [5.41, 5.74) is 2.09. The summed E-state index contributed by atoms with van der Waals surface area (Å²) in [6.07, 6.45) is -0.00743. The first kappa shape index (κ1) is 22.2. The molecular weight excluding hydrogens is 474 g/mol. The highest BCUT2D eigenvalue weighted by molar-refractivity contribution is 7.80. The molecule has 0 bridgehead atoms. The molecule has 2 heterocycles. The predicted molar refractivity (Wildman–Crippen MR) is 133 cm³/mol. The van der Waals surface area contributed by atoms with E-state index < -0.39 is 6.04 Å². The zero-order valence-corrected chi connectivity index (χ0v) is 19.5. The number of nitrogens with zero attached hydrogens (tertiary/aromatic N) is 2. The first-order valence-electron chi connectivity index (χ1n) is 10.6. The number of thiocarbonyl (C=S) groups is 1. The van der Waals surface area contributed by atoms with Crippen molar-refractivity contribution in [1.29, 1.82) is 0 Å². The number of benzene rings is 3. The third-order valence-electron chi connectivity index (χ3n) is 5.64. The van der Waals surface area contributed by atoms with E-state index in [2.05, 4.69) is 5.32 Å². The summed E-state index contributed by atoms with van der Waals surface area (Å²) in [7, 11) is 0. The number of ether oxygens (including phenoxy) is 2. The van der Waals surface area contributed by atoms with Crippen LogP contribution in [0.2, 0.25) is 5.02 Å². The second kappa shape index (κ2) is 9.32. The average Bonchev–Trinajstić information content (AvgIpc) is 3.41. The third-order valence-corrected chi connectivity index (χ3v) is 6.21. The Bertz CT molecular complexity index is 1270. The number of nitrogens with one attached hydrogen (secondary N) is 1. The van der Waals surface area contributed by atoms with E-state index in [1.165, 1.54) is 4.90 Å². The lowest BCUT2D eigenvalue weighted by molar-refractivity contribution is -0.122. The van der Waals surface area contributed by atoms with E-state index in [4.69, 9.17) is 33.3 Å². The van der Waals surface area contributed by atoms with Gasteiger partial charge in [-0.3, -0.25) is 9.59 Å². The van der Waals surface area contributed by atoms with E-state index >= 15 is 0 Å². The molecule has 0 aliphatic carbocycles. The second-order valence-electron chi connectivity index (χ2n) is 7.88. The Kier molecular flexibility index (Phi) is 6.08. The first-order chi connectivity index (χ1) is 16.5. The maximum atomic E-state index is 13.5. The maximum absolute atomic E-state index is 13.5. The Balaban J connectivity index is 1.45. The lowest BCUT2D eigenvalue weighted by Crippen LogP contribution is -2.46. The van der Waals surface area contributed by atoms with E-state index in [0.29, 0.717) is 33.9 Å². The fraction of sp³-hybridized carbons (Fsp3) is 0.160. The minimum Gasteiger partial charge on any atom is -0.454 e. The summed E-state index contributed by atoms with van der Waals surface area (Å²) < 4.78 is 10.9. The number of amides is 2. The SMILES string of the molecule is O=C1C[C@H](N(Cc2ccc3c(c2)OCO3)C(=S)Nc2ccccc2)C(=O)N1c1cccc(Cl)c1. The molecule has 0 radical (unpaired) electrons. The minimum atomic E-state index is -0.777. The third kappa shape index (κ3) is 4.42. The number of fused-ring (bicyclic) bond motifs is 1. The molecule has 1 atom stereocenters. The highest BCUT2D eigenvalue weighted by Gasteiger charge is 2.43. The van der Waals surface area contributed by atoms with Crippen molar-refractivity contribution in [3.8, 4) is 11.5 Å². The topological polar surface area (TPSA) is 71.1 Å². The van der Waals surface area contributed by atoms with Crippen LogP contribution in [-0.4, -0.2) is 34.7 Å². The summed E-state index contributed by atoms with van der Waals surface area (Å²) in [4.78, 5) is 29.3. The molecule has 1 N–H and O–H groups in total. The van der Waals surface area contributed by atoms with Crippen molar-refractivity contribution in [3.63, 3.8) is 0 Å². The van der Waals surface area contributed by atoms with Crippen molar-refractivity contribution >= 4 is 52.1 Å². The van der Waals surface area contributed by atoms with E-state index in [9.17, 15) is 9.59 Å². The predicted octanol–water partition coefficient (Wildman–Crippen LogP) is 4.60. The number of rotatable bonds is 5. The van der Waals surface area contributed by atoms with Gasteiger partial charge in [0.15, 0.2) is 16.6 Å². The highest BCUT2D eigenvalue weighted by Crippen LogP contribution is 2.34. The summed E-state index contributed by atoms with van der Waals surface area (Å²) in [5.74, 6) is 0.633. The first-order valence-corrected chi connectivity index (χ1v) is 11.4. The van der Waals surface area contributed by atoms with Gasteiger partial charge in [-0.2, -0.15) is 0 Å². The van der Waals surface area contributed by atoms with Gasteiger partial charge >= 0.3 is 0 Å². The maximum Gasteiger partial charge on any atom is 0.257 e. The van der Waals surface area contributed by atoms with Crippen LogP contribution in [0.15, 0.2) is 72.8 Å². The van der Waals surface area contributed by atoms with Gasteiger partial charge in [-0.1, -0.05) is 41.9 Å². The Morgan fingerprint density at radius 2 is 1.82 bits per heavy atom. The molecule has 2 aliphatic heterocycles. The van der Waals surface area contributed by atoms with Crippen molar-refractivity contribution in [2.24, 2.45) is 0 Å². The lowest BCUT2D eigenvalue weighted by Gasteiger charge is -2.30. The lowest BCUT2D eigenvalue weighted by atomic mass is 10.1. The summed E-state index contributed by atoms with van der Waals surface area (Å²) in [6, 6.07) is 20.9. The average molecular weight is 494 g/mol. The number of hydrogen-bond donors (Lipinski definition) is 1. The van der Waals surface area contributed by atoms with Crippen molar-refractivity contribution in [3.05, 3.63) is 83.4 Å². The Labute approximate surface area is 206 Å². The number of halogens is 1. The molecule has 0 saturated carbocycles. The van der Waals surface area contributed by atoms with E-state index in [1.807, 2.05) is 48.5 Å². The number of para-hydroxylation sites is 1. The van der Waals surface area contributed by atoms with Gasteiger partial charge in [-0.05, 0) is 60.2 Å². The van der Waals surface area contributed by atoms with Gasteiger partial charge in [0.2, 0.25) is 12.7 Å². The van der Waals surface area contributed by atoms with Gasteiger partial charge in [0.05, 0.1) is 12.1 Å². The molecule has 5 rings (SSSR count). The fourth-order valence-corrected chi connectivity index (χ4v) is 4.52. The number of imide groups is 1. The van der Waals surface area contributed by atoms with Gasteiger partial charge in [0, 0.05) is 17.3 Å². The monoisotopic (exact) mass is 493 g/mol. The molecular formula is C25H20ClN3O4S. The molecule has 2 aliphatic rings. The van der Waals surface area contributed by atoms with Gasteiger partial charge < -0.3 is 19.7 Å². The van der Waals surface area contributed by atoms with Crippen LogP contribution in [0.1, 0.15) is 12.0 Å². The summed E-state index contributed by atoms with van der Waals surface area (Å²) in [5, 5.41) is 3.97. The van der Waals surface area contributed by atoms with Gasteiger partial charge in [0.25, 0.3) is 5.91 Å². The molecule has 34 heavy (non-hydrogen) atoms. The Morgan fingerprint density at radius 1 is 1.03 bits per heavy atom. The smallest absolute Gasteiger partial charge is 0.257 e. The number of anilines is 2. The molecule has 0 aromatic heterocycles. The molecule has 1 fully saturated rings. The molecule has 2 amide bonds. The van der Waals surface area contributed by atoms with E-state index in [0.717, 1.165) is 11.3 Å². The minimum absolute atomic E-state index is 0.00743. The quantitative estimate of drug-likeness (QED) is 0.411. The highest BCUT2D eigenvalue weighted by atomic mass is 35.5. The van der Waals surface area contributed by atoms with Crippen molar-refractivity contribution in [2.45, 2.75) is 19.0 Å². The summed E-state index contributed by atoms with van der Waals surface area (Å²) in [6.45, 7) is 0.461. The van der Waals surface area contributed by atoms with Crippen LogP contribution in [0, 0.1) is 0 Å². The number of carbonyl (C=O) groups is 2. The van der Waals surface area contributed by atoms with Crippen molar-refractivity contribution in [2.75, 3.05) is 17.0 Å². The van der Waals surface area contributed by atoms with E-state index in [-0.39, 0.29) is 25.0 Å². The largest absolute Gasteiger partial charge is 0.454 e. The molecule has 1 saturated heterocycles. The molecule has 9 heteroatoms. The van der Waals surface area contributed by atoms with Crippen LogP contribution in [0.5, 0.6) is 11.5 Å². The zero-order valence-electron chi connectivity index (χ0n) is 17.9. The standard InChI is InChI=1S/C25H20ClN3O4S/c26-17-5-4-8-19(12-17)29-23(30)13-20(24(29)31)28(25(34)27-18-6-2-1-3-7-18)14-16-9-10-21-22(11-16)33-15-32-21/h1-12,20H,13-15H2,(H,27,34)/t20-/m0/s1. The zero-order chi connectivity index (χ0) is 23.7. The normalized spacial score (nSPS) is 16.6. The van der Waals surface area contributed by atoms with Crippen LogP contribution < -0.4 is 19.7 Å². The van der Waals surface area contributed by atoms with Crippen LogP contribution in [0.4, 0.5) is 11.4 Å². The van der Waals surface area contributed by atoms with Gasteiger partial charge in [-0.25, -0.2) is 4.90 Å².